The van der Waals surface area contributed by atoms with Crippen molar-refractivity contribution in [2.75, 3.05) is 0 Å². The van der Waals surface area contributed by atoms with E-state index in [-0.39, 0.29) is 0 Å². The summed E-state index contributed by atoms with van der Waals surface area (Å²) in [5.74, 6) is 0.341. The smallest absolute Gasteiger partial charge is 0.163 e. The normalized spacial score (nSPS) is 15.2. The number of rotatable bonds is 2. The number of aryl methyl sites for hydroxylation is 3. The van der Waals surface area contributed by atoms with Gasteiger partial charge in [0.05, 0.1) is 0 Å². The molecule has 0 fully saturated rings. The van der Waals surface area contributed by atoms with Gasteiger partial charge in [0.1, 0.15) is 0 Å². The van der Waals surface area contributed by atoms with Gasteiger partial charge in [0.15, 0.2) is 5.78 Å². The summed E-state index contributed by atoms with van der Waals surface area (Å²) in [6.45, 7) is 4.35. The quantitative estimate of drug-likeness (QED) is 0.719. The Labute approximate surface area is 91.5 Å². The Morgan fingerprint density at radius 2 is 1.73 bits per heavy atom. The molecular weight excluding hydrogens is 184 g/mol. The molecule has 1 nitrogen and oxygen atoms in total. The number of hydrogen-bond donors (Lipinski definition) is 0. The molecule has 2 rings (SSSR count). The number of ketones is 1. The SMILES string of the molecule is CCc1cc2c(cc1CC)C(=O)CCC2. The van der Waals surface area contributed by atoms with Crippen molar-refractivity contribution >= 4 is 5.78 Å². The van der Waals surface area contributed by atoms with Gasteiger partial charge in [-0.05, 0) is 48.4 Å². The van der Waals surface area contributed by atoms with Gasteiger partial charge in [-0.25, -0.2) is 0 Å². The highest BCUT2D eigenvalue weighted by Gasteiger charge is 2.18. The van der Waals surface area contributed by atoms with Crippen molar-refractivity contribution in [2.45, 2.75) is 46.0 Å². The Bertz CT molecular complexity index is 391. The zero-order chi connectivity index (χ0) is 10.8. The van der Waals surface area contributed by atoms with Crippen molar-refractivity contribution in [2.24, 2.45) is 0 Å². The fraction of sp³-hybridized carbons (Fsp3) is 0.500. The second-order valence-electron chi connectivity index (χ2n) is 4.26. The van der Waals surface area contributed by atoms with Crippen molar-refractivity contribution in [3.8, 4) is 0 Å². The molecule has 0 spiro atoms. The van der Waals surface area contributed by atoms with Gasteiger partial charge in [0.2, 0.25) is 0 Å². The van der Waals surface area contributed by atoms with Crippen LogP contribution in [0, 0.1) is 0 Å². The predicted octanol–water partition coefficient (Wildman–Crippen LogP) is 3.33. The monoisotopic (exact) mass is 202 g/mol. The van der Waals surface area contributed by atoms with E-state index in [4.69, 9.17) is 0 Å². The first kappa shape index (κ1) is 10.4. The summed E-state index contributed by atoms with van der Waals surface area (Å²) >= 11 is 0. The largest absolute Gasteiger partial charge is 0.294 e. The summed E-state index contributed by atoms with van der Waals surface area (Å²) in [7, 11) is 0. The van der Waals surface area contributed by atoms with Crippen molar-refractivity contribution in [1.82, 2.24) is 0 Å². The number of Topliss-reactive ketones (excluding diaryl/α,β-unsaturated/α-hetero) is 1. The first-order valence-corrected chi connectivity index (χ1v) is 5.94. The highest BCUT2D eigenvalue weighted by molar-refractivity contribution is 5.98. The van der Waals surface area contributed by atoms with Crippen LogP contribution in [0.25, 0.3) is 0 Å². The van der Waals surface area contributed by atoms with Crippen LogP contribution in [0.2, 0.25) is 0 Å². The molecule has 80 valence electrons. The summed E-state index contributed by atoms with van der Waals surface area (Å²) in [5.41, 5.74) is 5.05. The Kier molecular flexibility index (Phi) is 2.90. The molecule has 0 aliphatic heterocycles. The molecule has 0 bridgehead atoms. The van der Waals surface area contributed by atoms with Crippen LogP contribution < -0.4 is 0 Å². The van der Waals surface area contributed by atoms with Crippen molar-refractivity contribution in [1.29, 1.82) is 0 Å². The standard InChI is InChI=1S/C14H18O/c1-3-10-8-12-6-5-7-14(15)13(12)9-11(10)4-2/h8-9H,3-7H2,1-2H3. The minimum absolute atomic E-state index is 0.341. The lowest BCUT2D eigenvalue weighted by atomic mass is 9.86. The first-order valence-electron chi connectivity index (χ1n) is 5.94. The molecule has 0 heterocycles. The molecule has 1 aliphatic rings. The van der Waals surface area contributed by atoms with Crippen LogP contribution in [0.15, 0.2) is 12.1 Å². The molecule has 0 saturated carbocycles. The van der Waals surface area contributed by atoms with Crippen LogP contribution in [0.4, 0.5) is 0 Å². The van der Waals surface area contributed by atoms with Crippen LogP contribution in [0.1, 0.15) is 53.7 Å². The molecule has 0 aromatic heterocycles. The molecule has 0 unspecified atom stereocenters. The Morgan fingerprint density at radius 3 is 2.40 bits per heavy atom. The van der Waals surface area contributed by atoms with Gasteiger partial charge in [-0.3, -0.25) is 4.79 Å². The molecule has 0 atom stereocenters. The predicted molar refractivity (Wildman–Crippen MR) is 62.5 cm³/mol. The molecule has 0 N–H and O–H groups in total. The summed E-state index contributed by atoms with van der Waals surface area (Å²) in [6, 6.07) is 4.39. The maximum Gasteiger partial charge on any atom is 0.163 e. The molecule has 1 aromatic carbocycles. The first-order chi connectivity index (χ1) is 7.26. The van der Waals surface area contributed by atoms with Gasteiger partial charge in [0, 0.05) is 12.0 Å². The maximum absolute atomic E-state index is 11.8. The van der Waals surface area contributed by atoms with E-state index in [2.05, 4.69) is 26.0 Å². The zero-order valence-corrected chi connectivity index (χ0v) is 9.60. The molecule has 1 heteroatoms. The lowest BCUT2D eigenvalue weighted by Crippen LogP contribution is -2.12. The van der Waals surface area contributed by atoms with Crippen LogP contribution >= 0.6 is 0 Å². The van der Waals surface area contributed by atoms with Gasteiger partial charge in [-0.2, -0.15) is 0 Å². The average Bonchev–Trinajstić information content (AvgIpc) is 2.28. The lowest BCUT2D eigenvalue weighted by molar-refractivity contribution is 0.0972. The second-order valence-corrected chi connectivity index (χ2v) is 4.26. The molecule has 0 amide bonds. The second kappa shape index (κ2) is 4.18. The molecule has 15 heavy (non-hydrogen) atoms. The third-order valence-corrected chi connectivity index (χ3v) is 3.34. The fourth-order valence-electron chi connectivity index (χ4n) is 2.44. The van der Waals surface area contributed by atoms with Gasteiger partial charge in [0.25, 0.3) is 0 Å². The molecule has 0 radical (unpaired) electrons. The van der Waals surface area contributed by atoms with E-state index in [1.165, 1.54) is 16.7 Å². The van der Waals surface area contributed by atoms with E-state index in [9.17, 15) is 4.79 Å². The number of carbonyl (C=O) groups excluding carboxylic acids is 1. The third-order valence-electron chi connectivity index (χ3n) is 3.34. The summed E-state index contributed by atoms with van der Waals surface area (Å²) in [5, 5.41) is 0. The topological polar surface area (TPSA) is 17.1 Å². The Morgan fingerprint density at radius 1 is 1.07 bits per heavy atom. The van der Waals surface area contributed by atoms with Crippen LogP contribution in [-0.4, -0.2) is 5.78 Å². The average molecular weight is 202 g/mol. The van der Waals surface area contributed by atoms with Gasteiger partial charge in [-0.15, -0.1) is 0 Å². The molecular formula is C14H18O. The van der Waals surface area contributed by atoms with Crippen LogP contribution in [-0.2, 0) is 19.3 Å². The third kappa shape index (κ3) is 1.83. The lowest BCUT2D eigenvalue weighted by Gasteiger charge is -2.18. The number of carbonyl (C=O) groups is 1. The van der Waals surface area contributed by atoms with E-state index in [1.54, 1.807) is 0 Å². The summed E-state index contributed by atoms with van der Waals surface area (Å²) in [4.78, 5) is 11.8. The Hall–Kier alpha value is -1.11. The molecule has 1 aromatic rings. The van der Waals surface area contributed by atoms with Gasteiger partial charge >= 0.3 is 0 Å². The molecule has 1 aliphatic carbocycles. The maximum atomic E-state index is 11.8. The zero-order valence-electron chi connectivity index (χ0n) is 9.60. The van der Waals surface area contributed by atoms with Crippen molar-refractivity contribution < 1.29 is 4.79 Å². The minimum atomic E-state index is 0.341. The summed E-state index contributed by atoms with van der Waals surface area (Å²) in [6.07, 6.45) is 4.95. The summed E-state index contributed by atoms with van der Waals surface area (Å²) < 4.78 is 0. The van der Waals surface area contributed by atoms with Gasteiger partial charge < -0.3 is 0 Å². The van der Waals surface area contributed by atoms with E-state index in [0.717, 1.165) is 37.7 Å². The van der Waals surface area contributed by atoms with Gasteiger partial charge in [-0.1, -0.05) is 19.9 Å². The van der Waals surface area contributed by atoms with E-state index in [0.29, 0.717) is 5.78 Å². The van der Waals surface area contributed by atoms with E-state index >= 15 is 0 Å². The van der Waals surface area contributed by atoms with Crippen molar-refractivity contribution in [3.05, 3.63) is 34.4 Å². The Balaban J connectivity index is 2.53. The number of hydrogen-bond acceptors (Lipinski definition) is 1. The number of benzene rings is 1. The van der Waals surface area contributed by atoms with Crippen LogP contribution in [0.5, 0.6) is 0 Å². The molecule has 0 saturated heterocycles. The van der Waals surface area contributed by atoms with E-state index in [1.807, 2.05) is 0 Å². The highest BCUT2D eigenvalue weighted by atomic mass is 16.1. The fourth-order valence-corrected chi connectivity index (χ4v) is 2.44. The number of fused-ring (bicyclic) bond motifs is 1. The van der Waals surface area contributed by atoms with Crippen molar-refractivity contribution in [3.63, 3.8) is 0 Å². The van der Waals surface area contributed by atoms with E-state index < -0.39 is 0 Å². The van der Waals surface area contributed by atoms with Crippen LogP contribution in [0.3, 0.4) is 0 Å². The minimum Gasteiger partial charge on any atom is -0.294 e. The highest BCUT2D eigenvalue weighted by Crippen LogP contribution is 2.25.